The van der Waals surface area contributed by atoms with Crippen LogP contribution in [0.25, 0.3) is 5.70 Å². The molecule has 0 atom stereocenters. The maximum absolute atomic E-state index is 13.1. The summed E-state index contributed by atoms with van der Waals surface area (Å²) in [6, 6.07) is 6.42. The number of carbonyl (C=O) groups is 1. The van der Waals surface area contributed by atoms with Crippen molar-refractivity contribution < 1.29 is 18.0 Å². The third-order valence-corrected chi connectivity index (χ3v) is 4.43. The zero-order chi connectivity index (χ0) is 19.4. The van der Waals surface area contributed by atoms with E-state index in [4.69, 9.17) is 0 Å². The lowest BCUT2D eigenvalue weighted by Gasteiger charge is -2.15. The second kappa shape index (κ2) is 7.77. The minimum absolute atomic E-state index is 0.0379. The van der Waals surface area contributed by atoms with E-state index in [1.54, 1.807) is 24.3 Å². The van der Waals surface area contributed by atoms with Crippen molar-refractivity contribution in [3.8, 4) is 0 Å². The van der Waals surface area contributed by atoms with Crippen LogP contribution in [0, 0.1) is 5.92 Å². The van der Waals surface area contributed by atoms with Gasteiger partial charge in [-0.05, 0) is 37.0 Å². The highest BCUT2D eigenvalue weighted by Gasteiger charge is 2.32. The number of halogens is 3. The van der Waals surface area contributed by atoms with Crippen LogP contribution >= 0.6 is 0 Å². The summed E-state index contributed by atoms with van der Waals surface area (Å²) in [6.45, 7) is 0. The first-order valence-corrected chi connectivity index (χ1v) is 8.59. The van der Waals surface area contributed by atoms with E-state index < -0.39 is 23.2 Å². The highest BCUT2D eigenvalue weighted by atomic mass is 19.4. The molecule has 1 saturated carbocycles. The Bertz CT molecular complexity index is 898. The molecule has 1 N–H and O–H groups in total. The van der Waals surface area contributed by atoms with Gasteiger partial charge >= 0.3 is 6.18 Å². The Morgan fingerprint density at radius 3 is 2.56 bits per heavy atom. The fourth-order valence-corrected chi connectivity index (χ4v) is 3.07. The van der Waals surface area contributed by atoms with E-state index in [1.165, 1.54) is 6.20 Å². The maximum Gasteiger partial charge on any atom is 0.417 e. The van der Waals surface area contributed by atoms with Crippen molar-refractivity contribution in [1.29, 1.82) is 0 Å². The van der Waals surface area contributed by atoms with Gasteiger partial charge in [0.2, 0.25) is 0 Å². The van der Waals surface area contributed by atoms with Crippen molar-refractivity contribution in [3.05, 3.63) is 64.7 Å². The quantitative estimate of drug-likeness (QED) is 0.821. The number of nitrogens with one attached hydrogen (secondary N) is 1. The van der Waals surface area contributed by atoms with Crippen molar-refractivity contribution in [1.82, 2.24) is 9.55 Å². The van der Waals surface area contributed by atoms with Crippen LogP contribution in [0.15, 0.2) is 53.6 Å². The van der Waals surface area contributed by atoms with Gasteiger partial charge in [-0.25, -0.2) is 4.98 Å². The Hall–Kier alpha value is -2.90. The molecular weight excluding hydrogens is 359 g/mol. The molecule has 2 aromatic heterocycles. The van der Waals surface area contributed by atoms with Gasteiger partial charge in [0.1, 0.15) is 11.5 Å². The number of aromatic nitrogens is 2. The number of hydrogen-bond acceptors (Lipinski definition) is 3. The molecule has 1 aliphatic rings. The fourth-order valence-electron chi connectivity index (χ4n) is 3.07. The zero-order valence-electron chi connectivity index (χ0n) is 14.4. The SMILES string of the molecule is O=C(Nc1ccccn1)/C(=C/C1CCCC1)n1cc(C(F)(F)F)ccc1=O. The molecular formula is C19H18F3N3O2. The molecule has 0 saturated heterocycles. The number of rotatable bonds is 4. The second-order valence-electron chi connectivity index (χ2n) is 6.39. The van der Waals surface area contributed by atoms with Crippen LogP contribution in [0.1, 0.15) is 31.2 Å². The Balaban J connectivity index is 2.02. The van der Waals surface area contributed by atoms with Gasteiger partial charge in [-0.15, -0.1) is 0 Å². The number of alkyl halides is 3. The molecule has 3 rings (SSSR count). The van der Waals surface area contributed by atoms with Crippen molar-refractivity contribution in [2.75, 3.05) is 5.32 Å². The van der Waals surface area contributed by atoms with E-state index in [-0.39, 0.29) is 17.4 Å². The molecule has 1 fully saturated rings. The van der Waals surface area contributed by atoms with E-state index >= 15 is 0 Å². The van der Waals surface area contributed by atoms with Gasteiger partial charge in [0.15, 0.2) is 0 Å². The highest BCUT2D eigenvalue weighted by Crippen LogP contribution is 2.30. The molecule has 142 valence electrons. The summed E-state index contributed by atoms with van der Waals surface area (Å²) in [5.41, 5.74) is -1.82. The van der Waals surface area contributed by atoms with Crippen molar-refractivity contribution in [2.45, 2.75) is 31.9 Å². The van der Waals surface area contributed by atoms with Gasteiger partial charge in [-0.2, -0.15) is 13.2 Å². The summed E-state index contributed by atoms with van der Waals surface area (Å²) in [7, 11) is 0. The smallest absolute Gasteiger partial charge is 0.305 e. The van der Waals surface area contributed by atoms with E-state index in [0.717, 1.165) is 36.3 Å². The summed E-state index contributed by atoms with van der Waals surface area (Å²) in [5.74, 6) is -0.391. The average Bonchev–Trinajstić information content (AvgIpc) is 3.13. The molecule has 0 radical (unpaired) electrons. The number of allylic oxidation sites excluding steroid dienone is 1. The molecule has 2 heterocycles. The number of nitrogens with zero attached hydrogens (tertiary/aromatic N) is 2. The zero-order valence-corrected chi connectivity index (χ0v) is 14.4. The average molecular weight is 377 g/mol. The van der Waals surface area contributed by atoms with Crippen molar-refractivity contribution in [3.63, 3.8) is 0 Å². The first kappa shape index (κ1) is 18.9. The predicted molar refractivity (Wildman–Crippen MR) is 94.8 cm³/mol. The summed E-state index contributed by atoms with van der Waals surface area (Å²) < 4.78 is 40.0. The number of carbonyl (C=O) groups excluding carboxylic acids is 1. The largest absolute Gasteiger partial charge is 0.417 e. The van der Waals surface area contributed by atoms with E-state index in [0.29, 0.717) is 12.3 Å². The Kier molecular flexibility index (Phi) is 5.43. The second-order valence-corrected chi connectivity index (χ2v) is 6.39. The molecule has 5 nitrogen and oxygen atoms in total. The molecule has 0 unspecified atom stereocenters. The van der Waals surface area contributed by atoms with Crippen LogP contribution in [-0.4, -0.2) is 15.5 Å². The lowest BCUT2D eigenvalue weighted by molar-refractivity contribution is -0.138. The van der Waals surface area contributed by atoms with Gasteiger partial charge in [-0.3, -0.25) is 14.2 Å². The number of amides is 1. The van der Waals surface area contributed by atoms with Crippen LogP contribution in [0.4, 0.5) is 19.0 Å². The summed E-state index contributed by atoms with van der Waals surface area (Å²) in [6.07, 6.45) is 2.73. The fraction of sp³-hybridized carbons (Fsp3) is 0.316. The molecule has 0 aromatic carbocycles. The van der Waals surface area contributed by atoms with Gasteiger partial charge < -0.3 is 5.32 Å². The van der Waals surface area contributed by atoms with E-state index in [2.05, 4.69) is 10.3 Å². The molecule has 0 aliphatic heterocycles. The lowest BCUT2D eigenvalue weighted by atomic mass is 10.1. The predicted octanol–water partition coefficient (Wildman–Crippen LogP) is 3.93. The Labute approximate surface area is 153 Å². The monoisotopic (exact) mass is 377 g/mol. The van der Waals surface area contributed by atoms with Crippen molar-refractivity contribution in [2.24, 2.45) is 5.92 Å². The first-order valence-electron chi connectivity index (χ1n) is 8.59. The molecule has 1 amide bonds. The Morgan fingerprint density at radius 1 is 1.19 bits per heavy atom. The van der Waals surface area contributed by atoms with Crippen molar-refractivity contribution >= 4 is 17.4 Å². The van der Waals surface area contributed by atoms with Crippen LogP contribution in [0.3, 0.4) is 0 Å². The van der Waals surface area contributed by atoms with Crippen LogP contribution in [-0.2, 0) is 11.0 Å². The maximum atomic E-state index is 13.1. The summed E-state index contributed by atoms with van der Waals surface area (Å²) in [5, 5.41) is 2.54. The third kappa shape index (κ3) is 4.64. The summed E-state index contributed by atoms with van der Waals surface area (Å²) >= 11 is 0. The first-order chi connectivity index (χ1) is 12.8. The molecule has 0 spiro atoms. The number of pyridine rings is 2. The normalized spacial score (nSPS) is 15.7. The third-order valence-electron chi connectivity index (χ3n) is 4.43. The Morgan fingerprint density at radius 2 is 1.93 bits per heavy atom. The molecule has 0 bridgehead atoms. The molecule has 8 heteroatoms. The highest BCUT2D eigenvalue weighted by molar-refractivity contribution is 6.20. The van der Waals surface area contributed by atoms with Crippen LogP contribution in [0.5, 0.6) is 0 Å². The molecule has 1 aliphatic carbocycles. The number of hydrogen-bond donors (Lipinski definition) is 1. The topological polar surface area (TPSA) is 64.0 Å². The lowest BCUT2D eigenvalue weighted by Crippen LogP contribution is -2.28. The number of anilines is 1. The van der Waals surface area contributed by atoms with Crippen LogP contribution in [0.2, 0.25) is 0 Å². The van der Waals surface area contributed by atoms with Gasteiger partial charge in [-0.1, -0.05) is 25.0 Å². The minimum Gasteiger partial charge on any atom is -0.305 e. The van der Waals surface area contributed by atoms with E-state index in [9.17, 15) is 22.8 Å². The summed E-state index contributed by atoms with van der Waals surface area (Å²) in [4.78, 5) is 29.0. The van der Waals surface area contributed by atoms with Gasteiger partial charge in [0, 0.05) is 18.5 Å². The van der Waals surface area contributed by atoms with Gasteiger partial charge in [0.05, 0.1) is 5.56 Å². The van der Waals surface area contributed by atoms with E-state index in [1.807, 2.05) is 0 Å². The van der Waals surface area contributed by atoms with Gasteiger partial charge in [0.25, 0.3) is 11.5 Å². The molecule has 2 aromatic rings. The standard InChI is InChI=1S/C19H18F3N3O2/c20-19(21,22)14-8-9-17(26)25(12-14)15(11-13-5-1-2-6-13)18(27)24-16-7-3-4-10-23-16/h3-4,7-13H,1-2,5-6H2,(H,23,24,27)/b15-11-. The van der Waals surface area contributed by atoms with Crippen LogP contribution < -0.4 is 10.9 Å². The molecule has 27 heavy (non-hydrogen) atoms. The minimum atomic E-state index is -4.62.